The van der Waals surface area contributed by atoms with Gasteiger partial charge in [-0.05, 0) is 88.4 Å². The molecule has 30 heavy (non-hydrogen) atoms. The molecular formula is C26H31N3O. The van der Waals surface area contributed by atoms with Gasteiger partial charge in [-0.25, -0.2) is 0 Å². The first kappa shape index (κ1) is 20.4. The molecule has 0 saturated heterocycles. The number of para-hydroxylation sites is 1. The van der Waals surface area contributed by atoms with Crippen molar-refractivity contribution in [2.24, 2.45) is 5.10 Å². The first-order valence-corrected chi connectivity index (χ1v) is 10.8. The minimum atomic E-state index is -0.0746. The summed E-state index contributed by atoms with van der Waals surface area (Å²) in [6.45, 7) is 13.4. The maximum absolute atomic E-state index is 13.0. The van der Waals surface area contributed by atoms with E-state index in [9.17, 15) is 4.79 Å². The largest absolute Gasteiger partial charge is 0.364 e. The van der Waals surface area contributed by atoms with Gasteiger partial charge in [-0.1, -0.05) is 31.2 Å². The van der Waals surface area contributed by atoms with E-state index in [4.69, 9.17) is 0 Å². The van der Waals surface area contributed by atoms with Crippen molar-refractivity contribution >= 4 is 29.1 Å². The average molecular weight is 402 g/mol. The van der Waals surface area contributed by atoms with Crippen molar-refractivity contribution in [3.8, 4) is 0 Å². The van der Waals surface area contributed by atoms with Crippen LogP contribution in [-0.4, -0.2) is 23.2 Å². The zero-order valence-electron chi connectivity index (χ0n) is 18.8. The van der Waals surface area contributed by atoms with Gasteiger partial charge in [0, 0.05) is 17.3 Å². The van der Waals surface area contributed by atoms with Crippen molar-refractivity contribution in [3.63, 3.8) is 0 Å². The second-order valence-corrected chi connectivity index (χ2v) is 9.40. The van der Waals surface area contributed by atoms with Crippen LogP contribution >= 0.6 is 0 Å². The molecule has 0 unspecified atom stereocenters. The van der Waals surface area contributed by atoms with Crippen molar-refractivity contribution in [2.45, 2.75) is 65.5 Å². The lowest BCUT2D eigenvalue weighted by Gasteiger charge is -2.50. The number of fused-ring (bicyclic) bond motifs is 1. The third-order valence-corrected chi connectivity index (χ3v) is 6.19. The summed E-state index contributed by atoms with van der Waals surface area (Å²) in [6.07, 6.45) is 3.09. The lowest BCUT2D eigenvalue weighted by molar-refractivity contribution is -0.114. The zero-order chi connectivity index (χ0) is 21.6. The molecule has 0 N–H and O–H groups in total. The fraction of sp³-hybridized carbons (Fsp3) is 0.385. The molecule has 156 valence electrons. The third-order valence-electron chi connectivity index (χ3n) is 6.19. The standard InChI is InChI=1S/C26H31N3O/c1-17(2)28-24-13-12-20(14-22(24)18(3)16-26(28,5)6)15-23-19(4)27-29(25(23)30)21-10-8-7-9-11-21/h7-15,17-18H,16H2,1-6H3/b23-15+/t18-/m1/s1. The fourth-order valence-electron chi connectivity index (χ4n) is 5.13. The third kappa shape index (κ3) is 3.45. The summed E-state index contributed by atoms with van der Waals surface area (Å²) in [5.41, 5.74) is 6.04. The van der Waals surface area contributed by atoms with E-state index in [-0.39, 0.29) is 11.4 Å². The number of nitrogens with zero attached hydrogens (tertiary/aromatic N) is 3. The average Bonchev–Trinajstić information content (AvgIpc) is 2.96. The van der Waals surface area contributed by atoms with E-state index < -0.39 is 0 Å². The molecule has 1 atom stereocenters. The lowest BCUT2D eigenvalue weighted by Crippen LogP contribution is -2.51. The van der Waals surface area contributed by atoms with Gasteiger partial charge >= 0.3 is 0 Å². The molecule has 0 spiro atoms. The van der Waals surface area contributed by atoms with Crippen molar-refractivity contribution < 1.29 is 4.79 Å². The normalized spacial score (nSPS) is 22.0. The fourth-order valence-corrected chi connectivity index (χ4v) is 5.13. The molecule has 4 nitrogen and oxygen atoms in total. The monoisotopic (exact) mass is 401 g/mol. The summed E-state index contributed by atoms with van der Waals surface area (Å²) in [4.78, 5) is 15.6. The van der Waals surface area contributed by atoms with Gasteiger partial charge in [0.15, 0.2) is 0 Å². The van der Waals surface area contributed by atoms with Crippen LogP contribution in [0.3, 0.4) is 0 Å². The minimum absolute atomic E-state index is 0.0746. The Morgan fingerprint density at radius 3 is 2.50 bits per heavy atom. The summed E-state index contributed by atoms with van der Waals surface area (Å²) >= 11 is 0. The molecule has 2 aromatic carbocycles. The molecular weight excluding hydrogens is 370 g/mol. The van der Waals surface area contributed by atoms with Crippen molar-refractivity contribution in [3.05, 3.63) is 65.2 Å². The SMILES string of the molecule is CC1=NN(c2ccccc2)C(=O)/C1=C/c1ccc2c(c1)[C@H](C)CC(C)(C)N2C(C)C. The summed E-state index contributed by atoms with van der Waals surface area (Å²) in [5, 5.41) is 5.99. The molecule has 0 bridgehead atoms. The number of hydrogen-bond donors (Lipinski definition) is 0. The second-order valence-electron chi connectivity index (χ2n) is 9.40. The highest BCUT2D eigenvalue weighted by molar-refractivity contribution is 6.32. The van der Waals surface area contributed by atoms with Crippen LogP contribution < -0.4 is 9.91 Å². The smallest absolute Gasteiger partial charge is 0.280 e. The van der Waals surface area contributed by atoms with E-state index in [1.54, 1.807) is 0 Å². The molecule has 0 aromatic heterocycles. The molecule has 2 heterocycles. The van der Waals surface area contributed by atoms with E-state index in [2.05, 4.69) is 62.8 Å². The molecule has 0 aliphatic carbocycles. The van der Waals surface area contributed by atoms with E-state index >= 15 is 0 Å². The predicted molar refractivity (Wildman–Crippen MR) is 126 cm³/mol. The molecule has 4 rings (SSSR count). The first-order valence-electron chi connectivity index (χ1n) is 10.8. The van der Waals surface area contributed by atoms with Crippen LogP contribution in [0, 0.1) is 0 Å². The summed E-state index contributed by atoms with van der Waals surface area (Å²) in [7, 11) is 0. The van der Waals surface area contributed by atoms with Gasteiger partial charge in [0.2, 0.25) is 0 Å². The van der Waals surface area contributed by atoms with Gasteiger partial charge in [-0.3, -0.25) is 4.79 Å². The van der Waals surface area contributed by atoms with Crippen LogP contribution in [0.1, 0.15) is 65.0 Å². The number of carbonyl (C=O) groups is 1. The highest BCUT2D eigenvalue weighted by Crippen LogP contribution is 2.44. The number of hydrogen-bond acceptors (Lipinski definition) is 3. The van der Waals surface area contributed by atoms with Crippen molar-refractivity contribution in [1.29, 1.82) is 0 Å². The van der Waals surface area contributed by atoms with Gasteiger partial charge in [-0.15, -0.1) is 0 Å². The van der Waals surface area contributed by atoms with Crippen LogP contribution in [0.4, 0.5) is 11.4 Å². The van der Waals surface area contributed by atoms with Crippen LogP contribution in [0.2, 0.25) is 0 Å². The van der Waals surface area contributed by atoms with Gasteiger partial charge in [-0.2, -0.15) is 10.1 Å². The Kier molecular flexibility index (Phi) is 5.05. The Bertz CT molecular complexity index is 1030. The molecule has 2 aromatic rings. The predicted octanol–water partition coefficient (Wildman–Crippen LogP) is 5.99. The summed E-state index contributed by atoms with van der Waals surface area (Å²) < 4.78 is 0. The van der Waals surface area contributed by atoms with E-state index in [1.807, 2.05) is 43.3 Å². The Labute approximate surface area is 179 Å². The molecule has 2 aliphatic heterocycles. The van der Waals surface area contributed by atoms with E-state index in [0.717, 1.165) is 23.4 Å². The Balaban J connectivity index is 1.70. The lowest BCUT2D eigenvalue weighted by atomic mass is 9.78. The van der Waals surface area contributed by atoms with Crippen LogP contribution in [0.15, 0.2) is 59.2 Å². The molecule has 1 amide bonds. The molecule has 0 radical (unpaired) electrons. The van der Waals surface area contributed by atoms with Crippen LogP contribution in [0.25, 0.3) is 6.08 Å². The van der Waals surface area contributed by atoms with Gasteiger partial charge in [0.1, 0.15) is 0 Å². The number of amides is 1. The Hall–Kier alpha value is -2.88. The van der Waals surface area contributed by atoms with Crippen molar-refractivity contribution in [1.82, 2.24) is 0 Å². The molecule has 2 aliphatic rings. The van der Waals surface area contributed by atoms with Crippen molar-refractivity contribution in [2.75, 3.05) is 9.91 Å². The Morgan fingerprint density at radius 1 is 1.13 bits per heavy atom. The summed E-state index contributed by atoms with van der Waals surface area (Å²) in [6, 6.07) is 16.6. The quantitative estimate of drug-likeness (QED) is 0.592. The highest BCUT2D eigenvalue weighted by atomic mass is 16.2. The maximum atomic E-state index is 13.0. The number of carbonyl (C=O) groups excluding carboxylic acids is 1. The van der Waals surface area contributed by atoms with E-state index in [0.29, 0.717) is 17.5 Å². The topological polar surface area (TPSA) is 35.9 Å². The molecule has 0 fully saturated rings. The Morgan fingerprint density at radius 2 is 1.83 bits per heavy atom. The minimum Gasteiger partial charge on any atom is -0.364 e. The number of hydrazone groups is 1. The van der Waals surface area contributed by atoms with Crippen LogP contribution in [0.5, 0.6) is 0 Å². The maximum Gasteiger partial charge on any atom is 0.280 e. The number of anilines is 2. The van der Waals surface area contributed by atoms with Gasteiger partial charge in [0.05, 0.1) is 17.0 Å². The number of benzene rings is 2. The van der Waals surface area contributed by atoms with E-state index in [1.165, 1.54) is 16.3 Å². The highest BCUT2D eigenvalue weighted by Gasteiger charge is 2.37. The first-order chi connectivity index (χ1) is 14.2. The van der Waals surface area contributed by atoms with Gasteiger partial charge in [0.25, 0.3) is 5.91 Å². The van der Waals surface area contributed by atoms with Gasteiger partial charge < -0.3 is 4.90 Å². The molecule has 4 heteroatoms. The summed E-state index contributed by atoms with van der Waals surface area (Å²) in [5.74, 6) is 0.396. The number of rotatable bonds is 3. The zero-order valence-corrected chi connectivity index (χ0v) is 18.8. The van der Waals surface area contributed by atoms with Crippen LogP contribution in [-0.2, 0) is 4.79 Å². The second kappa shape index (κ2) is 7.42. The molecule has 0 saturated carbocycles.